The molecule has 0 bridgehead atoms. The van der Waals surface area contributed by atoms with Crippen LogP contribution in [0.1, 0.15) is 11.1 Å². The first kappa shape index (κ1) is 35.3. The van der Waals surface area contributed by atoms with Gasteiger partial charge in [-0.05, 0) is 64.2 Å². The summed E-state index contributed by atoms with van der Waals surface area (Å²) in [5.41, 5.74) is 16.0. The van der Waals surface area contributed by atoms with E-state index in [4.69, 9.17) is 18.8 Å². The van der Waals surface area contributed by atoms with E-state index in [-0.39, 0.29) is 0 Å². The average molecular weight is 809 g/mol. The molecule has 0 saturated heterocycles. The third kappa shape index (κ3) is 5.73. The summed E-state index contributed by atoms with van der Waals surface area (Å²) in [7, 11) is 0. The standard InChI is InChI=1S/C57H36N4O2/c1-3-15-35(16-4-1)55-59-56(36-17-5-2-6-18-36)61-49-34-41(37-19-11-20-38(31-37)42-25-13-27-46-44-23-7-9-29-50(44)62-53(42)46)33-48(52(49)58-57(61)60-55)40-22-12-21-39(32-40)43-26-14-28-47-45-24-8-10-30-51(45)63-54(43)47/h1-34,57-58H. The molecule has 13 rings (SSSR count). The molecule has 63 heavy (non-hydrogen) atoms. The molecule has 6 heteroatoms. The summed E-state index contributed by atoms with van der Waals surface area (Å²) in [5, 5.41) is 8.33. The van der Waals surface area contributed by atoms with Crippen LogP contribution in [0.4, 0.5) is 11.4 Å². The van der Waals surface area contributed by atoms with Crippen LogP contribution in [-0.4, -0.2) is 18.0 Å². The molecule has 2 aliphatic rings. The van der Waals surface area contributed by atoms with E-state index in [0.717, 1.165) is 117 Å². The second-order valence-electron chi connectivity index (χ2n) is 16.1. The zero-order valence-corrected chi connectivity index (χ0v) is 33.9. The van der Waals surface area contributed by atoms with E-state index in [1.54, 1.807) is 0 Å². The molecule has 2 aliphatic heterocycles. The lowest BCUT2D eigenvalue weighted by Gasteiger charge is -2.29. The quantitative estimate of drug-likeness (QED) is 0.182. The molecule has 9 aromatic carbocycles. The van der Waals surface area contributed by atoms with Crippen LogP contribution >= 0.6 is 0 Å². The van der Waals surface area contributed by atoms with Crippen molar-refractivity contribution in [2.45, 2.75) is 6.29 Å². The molecule has 2 aromatic heterocycles. The minimum atomic E-state index is -0.429. The Bertz CT molecular complexity index is 3680. The lowest BCUT2D eigenvalue weighted by Crippen LogP contribution is -2.43. The normalized spacial score (nSPS) is 14.5. The number of amidine groups is 2. The second kappa shape index (κ2) is 14.0. The van der Waals surface area contributed by atoms with Gasteiger partial charge in [-0.25, -0.2) is 9.98 Å². The number of rotatable bonds is 6. The molecule has 0 saturated carbocycles. The Morgan fingerprint density at radius 2 is 0.889 bits per heavy atom. The maximum absolute atomic E-state index is 6.54. The van der Waals surface area contributed by atoms with Crippen LogP contribution < -0.4 is 10.2 Å². The van der Waals surface area contributed by atoms with Gasteiger partial charge < -0.3 is 14.2 Å². The fourth-order valence-corrected chi connectivity index (χ4v) is 9.49. The highest BCUT2D eigenvalue weighted by Crippen LogP contribution is 2.48. The van der Waals surface area contributed by atoms with Crippen LogP contribution in [-0.2, 0) is 0 Å². The highest BCUT2D eigenvalue weighted by molar-refractivity contribution is 6.22. The van der Waals surface area contributed by atoms with E-state index in [0.29, 0.717) is 5.84 Å². The van der Waals surface area contributed by atoms with Gasteiger partial charge in [0.25, 0.3) is 0 Å². The molecule has 1 atom stereocenters. The van der Waals surface area contributed by atoms with Gasteiger partial charge in [-0.15, -0.1) is 0 Å². The van der Waals surface area contributed by atoms with Crippen LogP contribution in [0.2, 0.25) is 0 Å². The van der Waals surface area contributed by atoms with E-state index in [2.05, 4.69) is 168 Å². The maximum Gasteiger partial charge on any atom is 0.204 e. The molecule has 6 nitrogen and oxygen atoms in total. The number of fused-ring (bicyclic) bond motifs is 9. The molecule has 1 N–H and O–H groups in total. The van der Waals surface area contributed by atoms with Gasteiger partial charge in [-0.1, -0.05) is 170 Å². The van der Waals surface area contributed by atoms with Crippen molar-refractivity contribution in [3.05, 3.63) is 217 Å². The summed E-state index contributed by atoms with van der Waals surface area (Å²) in [4.78, 5) is 12.8. The number of hydrogen-bond acceptors (Lipinski definition) is 6. The Kier molecular flexibility index (Phi) is 7.87. The maximum atomic E-state index is 6.54. The minimum absolute atomic E-state index is 0.429. The van der Waals surface area contributed by atoms with Crippen LogP contribution in [0.5, 0.6) is 0 Å². The van der Waals surface area contributed by atoms with Gasteiger partial charge in [-0.2, -0.15) is 0 Å². The first-order valence-corrected chi connectivity index (χ1v) is 21.3. The van der Waals surface area contributed by atoms with Crippen molar-refractivity contribution in [1.82, 2.24) is 0 Å². The molecular formula is C57H36N4O2. The Morgan fingerprint density at radius 1 is 0.397 bits per heavy atom. The monoisotopic (exact) mass is 808 g/mol. The zero-order valence-electron chi connectivity index (χ0n) is 33.9. The van der Waals surface area contributed by atoms with E-state index >= 15 is 0 Å². The van der Waals surface area contributed by atoms with Crippen molar-refractivity contribution in [1.29, 1.82) is 0 Å². The fourth-order valence-electron chi connectivity index (χ4n) is 9.49. The third-order valence-electron chi connectivity index (χ3n) is 12.4. The number of nitrogens with one attached hydrogen (secondary N) is 1. The van der Waals surface area contributed by atoms with Crippen molar-refractivity contribution in [3.8, 4) is 44.5 Å². The molecule has 0 fully saturated rings. The Labute approximate surface area is 362 Å². The van der Waals surface area contributed by atoms with Gasteiger partial charge in [-0.3, -0.25) is 4.90 Å². The SMILES string of the molecule is c1ccc(C2=NC3Nc4c(-c5cccc(-c6cccc7c6oc6ccccc67)c5)cc(-c5cccc(-c6cccc7c6oc6ccccc67)c5)cc4N3C(c3ccccc3)=N2)cc1. The lowest BCUT2D eigenvalue weighted by molar-refractivity contribution is 0.669. The smallest absolute Gasteiger partial charge is 0.204 e. The number of aliphatic imine (C=N–C) groups is 2. The van der Waals surface area contributed by atoms with Crippen molar-refractivity contribution < 1.29 is 8.83 Å². The van der Waals surface area contributed by atoms with Crippen LogP contribution in [0.15, 0.2) is 225 Å². The minimum Gasteiger partial charge on any atom is -0.455 e. The Balaban J connectivity index is 1.01. The van der Waals surface area contributed by atoms with Crippen molar-refractivity contribution in [2.24, 2.45) is 9.98 Å². The van der Waals surface area contributed by atoms with E-state index < -0.39 is 6.29 Å². The first-order chi connectivity index (χ1) is 31.2. The largest absolute Gasteiger partial charge is 0.455 e. The molecule has 0 aliphatic carbocycles. The lowest BCUT2D eigenvalue weighted by atomic mass is 9.92. The molecule has 0 radical (unpaired) electrons. The van der Waals surface area contributed by atoms with Gasteiger partial charge in [0.05, 0.1) is 11.4 Å². The second-order valence-corrected chi connectivity index (χ2v) is 16.1. The van der Waals surface area contributed by atoms with Gasteiger partial charge in [0.15, 0.2) is 5.84 Å². The molecular weight excluding hydrogens is 773 g/mol. The van der Waals surface area contributed by atoms with Crippen molar-refractivity contribution in [3.63, 3.8) is 0 Å². The zero-order chi connectivity index (χ0) is 41.4. The highest BCUT2D eigenvalue weighted by Gasteiger charge is 2.38. The molecule has 4 heterocycles. The number of anilines is 2. The summed E-state index contributed by atoms with van der Waals surface area (Å²) in [5.74, 6) is 1.52. The van der Waals surface area contributed by atoms with Gasteiger partial charge in [0, 0.05) is 49.4 Å². The Hall–Kier alpha value is -8.48. The number of para-hydroxylation sites is 4. The van der Waals surface area contributed by atoms with Crippen LogP contribution in [0.25, 0.3) is 88.4 Å². The third-order valence-corrected chi connectivity index (χ3v) is 12.4. The number of furan rings is 2. The van der Waals surface area contributed by atoms with Gasteiger partial charge in [0.2, 0.25) is 6.29 Å². The predicted molar refractivity (Wildman–Crippen MR) is 259 cm³/mol. The predicted octanol–water partition coefficient (Wildman–Crippen LogP) is 14.6. The summed E-state index contributed by atoms with van der Waals surface area (Å²) in [6, 6.07) is 72.1. The molecule has 296 valence electrons. The molecule has 1 unspecified atom stereocenters. The molecule has 0 amide bonds. The van der Waals surface area contributed by atoms with E-state index in [1.807, 2.05) is 48.5 Å². The summed E-state index contributed by atoms with van der Waals surface area (Å²) in [6.07, 6.45) is -0.429. The van der Waals surface area contributed by atoms with Crippen molar-refractivity contribution in [2.75, 3.05) is 10.2 Å². The Morgan fingerprint density at radius 3 is 1.52 bits per heavy atom. The van der Waals surface area contributed by atoms with Crippen LogP contribution in [0.3, 0.4) is 0 Å². The number of benzene rings is 9. The topological polar surface area (TPSA) is 66.3 Å². The highest BCUT2D eigenvalue weighted by atomic mass is 16.3. The van der Waals surface area contributed by atoms with E-state index in [1.165, 1.54) is 0 Å². The number of hydrogen-bond donors (Lipinski definition) is 1. The molecule has 11 aromatic rings. The van der Waals surface area contributed by atoms with Crippen molar-refractivity contribution >= 4 is 66.9 Å². The van der Waals surface area contributed by atoms with Gasteiger partial charge in [0.1, 0.15) is 28.2 Å². The van der Waals surface area contributed by atoms with E-state index in [9.17, 15) is 0 Å². The number of nitrogens with zero attached hydrogens (tertiary/aromatic N) is 3. The average Bonchev–Trinajstić information content (AvgIpc) is 4.05. The fraction of sp³-hybridized carbons (Fsp3) is 0.0175. The summed E-state index contributed by atoms with van der Waals surface area (Å²) < 4.78 is 13.1. The summed E-state index contributed by atoms with van der Waals surface area (Å²) in [6.45, 7) is 0. The van der Waals surface area contributed by atoms with Crippen LogP contribution in [0, 0.1) is 0 Å². The van der Waals surface area contributed by atoms with Gasteiger partial charge >= 0.3 is 0 Å². The first-order valence-electron chi connectivity index (χ1n) is 21.3. The summed E-state index contributed by atoms with van der Waals surface area (Å²) >= 11 is 0. The molecule has 0 spiro atoms.